The lowest BCUT2D eigenvalue weighted by atomic mass is 10.1. The second-order valence-electron chi connectivity index (χ2n) is 4.14. The van der Waals surface area contributed by atoms with Crippen LogP contribution in [0.1, 0.15) is 5.56 Å². The van der Waals surface area contributed by atoms with Crippen molar-refractivity contribution in [2.45, 2.75) is 0 Å². The zero-order chi connectivity index (χ0) is 14.5. The summed E-state index contributed by atoms with van der Waals surface area (Å²) < 4.78 is 0.710. The fraction of sp³-hybridized carbons (Fsp3) is 0.0667. The van der Waals surface area contributed by atoms with Gasteiger partial charge in [0.25, 0.3) is 5.91 Å². The lowest BCUT2D eigenvalue weighted by Crippen LogP contribution is -2.14. The predicted octanol–water partition coefficient (Wildman–Crippen LogP) is 2.49. The summed E-state index contributed by atoms with van der Waals surface area (Å²) in [6.45, 7) is -0.0624. The number of aliphatic hydroxyl groups is 1. The van der Waals surface area contributed by atoms with Gasteiger partial charge in [0.2, 0.25) is 0 Å². The SMILES string of the molecule is O=C1CNC(=O)/C1=C(O)/C=C/C(Br)=C/c1ccccc1. The number of Topliss-reactive ketones (excluding diaryl/α,β-unsaturated/α-hetero) is 1. The molecule has 0 aromatic heterocycles. The average Bonchev–Trinajstić information content (AvgIpc) is 2.77. The third kappa shape index (κ3) is 3.45. The summed E-state index contributed by atoms with van der Waals surface area (Å²) in [5.41, 5.74) is 0.798. The predicted molar refractivity (Wildman–Crippen MR) is 80.2 cm³/mol. The first-order valence-corrected chi connectivity index (χ1v) is 6.72. The number of rotatable bonds is 3. The van der Waals surface area contributed by atoms with E-state index in [0.717, 1.165) is 5.56 Å². The van der Waals surface area contributed by atoms with Gasteiger partial charge in [-0.15, -0.1) is 0 Å². The second-order valence-corrected chi connectivity index (χ2v) is 5.06. The van der Waals surface area contributed by atoms with E-state index in [4.69, 9.17) is 0 Å². The van der Waals surface area contributed by atoms with E-state index in [0.29, 0.717) is 4.48 Å². The summed E-state index contributed by atoms with van der Waals surface area (Å²) in [7, 11) is 0. The van der Waals surface area contributed by atoms with Crippen molar-refractivity contribution in [1.29, 1.82) is 0 Å². The summed E-state index contributed by atoms with van der Waals surface area (Å²) in [6.07, 6.45) is 4.75. The summed E-state index contributed by atoms with van der Waals surface area (Å²) in [6, 6.07) is 9.61. The first-order valence-electron chi connectivity index (χ1n) is 5.93. The number of halogens is 1. The molecule has 0 unspecified atom stereocenters. The Kier molecular flexibility index (Phi) is 4.53. The molecule has 0 saturated carbocycles. The molecule has 1 fully saturated rings. The van der Waals surface area contributed by atoms with E-state index in [1.54, 1.807) is 6.08 Å². The normalized spacial score (nSPS) is 18.6. The van der Waals surface area contributed by atoms with Crippen molar-refractivity contribution in [3.63, 3.8) is 0 Å². The molecule has 1 heterocycles. The van der Waals surface area contributed by atoms with E-state index in [1.807, 2.05) is 36.4 Å². The molecule has 0 aliphatic carbocycles. The largest absolute Gasteiger partial charge is 0.507 e. The van der Waals surface area contributed by atoms with Crippen LogP contribution in [0, 0.1) is 0 Å². The van der Waals surface area contributed by atoms with Crippen molar-refractivity contribution in [2.24, 2.45) is 0 Å². The van der Waals surface area contributed by atoms with Gasteiger partial charge in [-0.1, -0.05) is 46.3 Å². The zero-order valence-electron chi connectivity index (χ0n) is 10.5. The van der Waals surface area contributed by atoms with Crippen LogP contribution in [0.2, 0.25) is 0 Å². The van der Waals surface area contributed by atoms with Gasteiger partial charge in [0.1, 0.15) is 11.3 Å². The van der Waals surface area contributed by atoms with Gasteiger partial charge in [0.05, 0.1) is 6.54 Å². The standard InChI is InChI=1S/C15H12BrNO3/c16-11(8-10-4-2-1-3-5-10)6-7-12(18)14-13(19)9-17-15(14)20/h1-8,18H,9H2,(H,17,20)/b7-6+,11-8-,14-12-. The molecule has 1 amide bonds. The minimum absolute atomic E-state index is 0.0624. The van der Waals surface area contributed by atoms with Gasteiger partial charge in [-0.3, -0.25) is 9.59 Å². The van der Waals surface area contributed by atoms with Gasteiger partial charge >= 0.3 is 0 Å². The maximum atomic E-state index is 11.4. The number of carbonyl (C=O) groups excluding carboxylic acids is 2. The molecule has 1 aliphatic heterocycles. The smallest absolute Gasteiger partial charge is 0.259 e. The quantitative estimate of drug-likeness (QED) is 0.386. The lowest BCUT2D eigenvalue weighted by Gasteiger charge is -1.96. The topological polar surface area (TPSA) is 66.4 Å². The zero-order valence-corrected chi connectivity index (χ0v) is 12.1. The van der Waals surface area contributed by atoms with Crippen LogP contribution in [0.4, 0.5) is 0 Å². The van der Waals surface area contributed by atoms with Crippen LogP contribution in [-0.2, 0) is 9.59 Å². The molecule has 1 aliphatic rings. The Morgan fingerprint density at radius 2 is 1.90 bits per heavy atom. The lowest BCUT2D eigenvalue weighted by molar-refractivity contribution is -0.117. The Balaban J connectivity index is 2.17. The maximum absolute atomic E-state index is 11.4. The van der Waals surface area contributed by atoms with Gasteiger partial charge in [-0.05, 0) is 23.8 Å². The summed E-state index contributed by atoms with van der Waals surface area (Å²) in [5, 5.41) is 12.1. The van der Waals surface area contributed by atoms with Crippen LogP contribution < -0.4 is 5.32 Å². The fourth-order valence-electron chi connectivity index (χ4n) is 1.72. The number of hydrogen-bond donors (Lipinski definition) is 2. The Labute approximate surface area is 124 Å². The highest BCUT2D eigenvalue weighted by Gasteiger charge is 2.28. The van der Waals surface area contributed by atoms with Crippen molar-refractivity contribution in [2.75, 3.05) is 6.54 Å². The first-order chi connectivity index (χ1) is 9.58. The number of benzene rings is 1. The van der Waals surface area contributed by atoms with Crippen LogP contribution in [-0.4, -0.2) is 23.3 Å². The van der Waals surface area contributed by atoms with Crippen molar-refractivity contribution < 1.29 is 14.7 Å². The van der Waals surface area contributed by atoms with E-state index < -0.39 is 11.7 Å². The molecule has 0 radical (unpaired) electrons. The molecular formula is C15H12BrNO3. The van der Waals surface area contributed by atoms with Crippen molar-refractivity contribution >= 4 is 33.7 Å². The van der Waals surface area contributed by atoms with Gasteiger partial charge < -0.3 is 10.4 Å². The molecule has 0 bridgehead atoms. The third-order valence-corrected chi connectivity index (χ3v) is 3.17. The van der Waals surface area contributed by atoms with E-state index >= 15 is 0 Å². The van der Waals surface area contributed by atoms with Crippen molar-refractivity contribution in [3.05, 3.63) is 63.9 Å². The van der Waals surface area contributed by atoms with Crippen LogP contribution in [0.3, 0.4) is 0 Å². The number of allylic oxidation sites excluding steroid dienone is 3. The van der Waals surface area contributed by atoms with Gasteiger partial charge in [0, 0.05) is 4.48 Å². The molecule has 1 aromatic carbocycles. The Hall–Kier alpha value is -2.14. The molecule has 4 nitrogen and oxygen atoms in total. The maximum Gasteiger partial charge on any atom is 0.259 e. The third-order valence-electron chi connectivity index (χ3n) is 2.68. The molecule has 1 aromatic rings. The van der Waals surface area contributed by atoms with Crippen LogP contribution in [0.5, 0.6) is 0 Å². The summed E-state index contributed by atoms with van der Waals surface area (Å²) >= 11 is 3.34. The number of amides is 1. The molecule has 20 heavy (non-hydrogen) atoms. The minimum atomic E-state index is -0.541. The summed E-state index contributed by atoms with van der Waals surface area (Å²) in [4.78, 5) is 22.8. The molecule has 0 spiro atoms. The number of carbonyl (C=O) groups is 2. The Morgan fingerprint density at radius 1 is 1.20 bits per heavy atom. The first kappa shape index (κ1) is 14.3. The Morgan fingerprint density at radius 3 is 2.50 bits per heavy atom. The van der Waals surface area contributed by atoms with E-state index in [2.05, 4.69) is 21.2 Å². The highest BCUT2D eigenvalue weighted by atomic mass is 79.9. The highest BCUT2D eigenvalue weighted by Crippen LogP contribution is 2.16. The molecule has 0 atom stereocenters. The van der Waals surface area contributed by atoms with Gasteiger partial charge in [-0.2, -0.15) is 0 Å². The minimum Gasteiger partial charge on any atom is -0.507 e. The van der Waals surface area contributed by atoms with E-state index in [1.165, 1.54) is 6.08 Å². The van der Waals surface area contributed by atoms with Crippen LogP contribution in [0.25, 0.3) is 6.08 Å². The average molecular weight is 334 g/mol. The molecule has 102 valence electrons. The monoisotopic (exact) mass is 333 g/mol. The molecular weight excluding hydrogens is 322 g/mol. The molecule has 2 N–H and O–H groups in total. The van der Waals surface area contributed by atoms with Gasteiger partial charge in [-0.25, -0.2) is 0 Å². The van der Waals surface area contributed by atoms with E-state index in [-0.39, 0.29) is 17.9 Å². The molecule has 1 saturated heterocycles. The highest BCUT2D eigenvalue weighted by molar-refractivity contribution is 9.12. The van der Waals surface area contributed by atoms with E-state index in [9.17, 15) is 14.7 Å². The molecule has 2 rings (SSSR count). The fourth-order valence-corrected chi connectivity index (χ4v) is 2.12. The number of hydrogen-bond acceptors (Lipinski definition) is 3. The number of ketones is 1. The Bertz CT molecular complexity index is 612. The molecule has 5 heteroatoms. The second kappa shape index (κ2) is 6.34. The van der Waals surface area contributed by atoms with Crippen LogP contribution in [0.15, 0.2) is 58.3 Å². The van der Waals surface area contributed by atoms with Crippen LogP contribution >= 0.6 is 15.9 Å². The van der Waals surface area contributed by atoms with Gasteiger partial charge in [0.15, 0.2) is 5.78 Å². The number of nitrogens with one attached hydrogen (secondary N) is 1. The summed E-state index contributed by atoms with van der Waals surface area (Å²) in [5.74, 6) is -1.27. The van der Waals surface area contributed by atoms with Crippen molar-refractivity contribution in [3.8, 4) is 0 Å². The van der Waals surface area contributed by atoms with Crippen molar-refractivity contribution in [1.82, 2.24) is 5.32 Å². The number of aliphatic hydroxyl groups excluding tert-OH is 1.